The molecule has 86 valence electrons. The molecule has 2 N–H and O–H groups in total. The van der Waals surface area contributed by atoms with Crippen LogP contribution in [0.5, 0.6) is 5.75 Å². The third kappa shape index (κ3) is 1.57. The summed E-state index contributed by atoms with van der Waals surface area (Å²) in [6.07, 6.45) is 2.03. The van der Waals surface area contributed by atoms with Gasteiger partial charge in [-0.3, -0.25) is 0 Å². The minimum absolute atomic E-state index is 0.101. The molecule has 1 aromatic heterocycles. The van der Waals surface area contributed by atoms with Gasteiger partial charge in [0.2, 0.25) is 0 Å². The molecule has 0 aliphatic rings. The van der Waals surface area contributed by atoms with Crippen LogP contribution in [-0.4, -0.2) is 18.2 Å². The maximum Gasteiger partial charge on any atom is 0.144 e. The number of methoxy groups -OCH3 is 1. The van der Waals surface area contributed by atoms with Crippen LogP contribution < -0.4 is 10.5 Å². The molecular formula is C13H18N2O. The number of hydrogen-bond donors (Lipinski definition) is 1. The molecule has 0 fully saturated rings. The van der Waals surface area contributed by atoms with Gasteiger partial charge >= 0.3 is 0 Å². The molecular weight excluding hydrogens is 200 g/mol. The Bertz CT molecular complexity index is 500. The van der Waals surface area contributed by atoms with Gasteiger partial charge in [-0.2, -0.15) is 0 Å². The Morgan fingerprint density at radius 2 is 2.00 bits per heavy atom. The van der Waals surface area contributed by atoms with Crippen LogP contribution in [-0.2, 0) is 5.54 Å². The Kier molecular flexibility index (Phi) is 2.64. The summed E-state index contributed by atoms with van der Waals surface area (Å²) >= 11 is 0. The first kappa shape index (κ1) is 11.0. The highest BCUT2D eigenvalue weighted by Crippen LogP contribution is 2.31. The van der Waals surface area contributed by atoms with Crippen molar-refractivity contribution >= 4 is 10.9 Å². The predicted molar refractivity (Wildman–Crippen MR) is 66.9 cm³/mol. The van der Waals surface area contributed by atoms with Crippen LogP contribution >= 0.6 is 0 Å². The van der Waals surface area contributed by atoms with Crippen LogP contribution in [0.1, 0.15) is 13.8 Å². The van der Waals surface area contributed by atoms with Crippen molar-refractivity contribution in [3.05, 3.63) is 30.5 Å². The first-order chi connectivity index (χ1) is 7.60. The lowest BCUT2D eigenvalue weighted by Crippen LogP contribution is -2.34. The number of fused-ring (bicyclic) bond motifs is 1. The number of nitrogens with two attached hydrogens (primary N) is 1. The summed E-state index contributed by atoms with van der Waals surface area (Å²) in [5.41, 5.74) is 6.88. The van der Waals surface area contributed by atoms with Crippen molar-refractivity contribution in [1.82, 2.24) is 4.57 Å². The number of aromatic nitrogens is 1. The van der Waals surface area contributed by atoms with Crippen LogP contribution in [0.25, 0.3) is 10.9 Å². The average Bonchev–Trinajstić information content (AvgIpc) is 2.68. The molecule has 0 amide bonds. The van der Waals surface area contributed by atoms with Crippen LogP contribution in [0.15, 0.2) is 30.5 Å². The van der Waals surface area contributed by atoms with Gasteiger partial charge in [0.15, 0.2) is 0 Å². The number of benzene rings is 1. The molecule has 0 saturated carbocycles. The van der Waals surface area contributed by atoms with Gasteiger partial charge in [0, 0.05) is 18.1 Å². The molecule has 0 saturated heterocycles. The summed E-state index contributed by atoms with van der Waals surface area (Å²) in [7, 11) is 1.70. The van der Waals surface area contributed by atoms with Crippen LogP contribution in [0.2, 0.25) is 0 Å². The lowest BCUT2D eigenvalue weighted by Gasteiger charge is -2.26. The number of hydrogen-bond acceptors (Lipinski definition) is 2. The molecule has 3 heteroatoms. The molecule has 1 heterocycles. The van der Waals surface area contributed by atoms with Gasteiger partial charge in [-0.05, 0) is 26.0 Å². The van der Waals surface area contributed by atoms with E-state index < -0.39 is 0 Å². The normalized spacial score (nSPS) is 12.0. The fourth-order valence-electron chi connectivity index (χ4n) is 1.91. The minimum atomic E-state index is -0.101. The number of nitrogens with zero attached hydrogens (tertiary/aromatic N) is 1. The van der Waals surface area contributed by atoms with Gasteiger partial charge < -0.3 is 15.0 Å². The quantitative estimate of drug-likeness (QED) is 0.859. The SMILES string of the molecule is COc1cn(C(C)(C)CN)c2ccccc12. The van der Waals surface area contributed by atoms with Gasteiger partial charge in [0.05, 0.1) is 18.2 Å². The van der Waals surface area contributed by atoms with E-state index in [1.807, 2.05) is 18.3 Å². The van der Waals surface area contributed by atoms with E-state index in [9.17, 15) is 0 Å². The Hall–Kier alpha value is -1.48. The second kappa shape index (κ2) is 3.83. The second-order valence-electron chi connectivity index (χ2n) is 4.60. The topological polar surface area (TPSA) is 40.2 Å². The lowest BCUT2D eigenvalue weighted by molar-refractivity contribution is 0.369. The Morgan fingerprint density at radius 3 is 2.62 bits per heavy atom. The second-order valence-corrected chi connectivity index (χ2v) is 4.60. The van der Waals surface area contributed by atoms with E-state index in [1.54, 1.807) is 7.11 Å². The highest BCUT2D eigenvalue weighted by atomic mass is 16.5. The molecule has 0 radical (unpaired) electrons. The maximum absolute atomic E-state index is 5.82. The average molecular weight is 218 g/mol. The highest BCUT2D eigenvalue weighted by molar-refractivity contribution is 5.87. The zero-order valence-electron chi connectivity index (χ0n) is 10.0. The first-order valence-electron chi connectivity index (χ1n) is 5.45. The van der Waals surface area contributed by atoms with E-state index in [-0.39, 0.29) is 5.54 Å². The molecule has 3 nitrogen and oxygen atoms in total. The summed E-state index contributed by atoms with van der Waals surface area (Å²) < 4.78 is 7.57. The van der Waals surface area contributed by atoms with Crippen molar-refractivity contribution in [2.75, 3.05) is 13.7 Å². The summed E-state index contributed by atoms with van der Waals surface area (Å²) in [5, 5.41) is 1.13. The molecule has 0 bridgehead atoms. The van der Waals surface area contributed by atoms with Gasteiger partial charge in [-0.15, -0.1) is 0 Å². The number of rotatable bonds is 3. The van der Waals surface area contributed by atoms with E-state index >= 15 is 0 Å². The van der Waals surface area contributed by atoms with Crippen molar-refractivity contribution in [1.29, 1.82) is 0 Å². The van der Waals surface area contributed by atoms with Gasteiger partial charge in [-0.1, -0.05) is 12.1 Å². The highest BCUT2D eigenvalue weighted by Gasteiger charge is 2.21. The molecule has 0 spiro atoms. The van der Waals surface area contributed by atoms with Crippen LogP contribution in [0.3, 0.4) is 0 Å². The van der Waals surface area contributed by atoms with Gasteiger partial charge in [-0.25, -0.2) is 0 Å². The summed E-state index contributed by atoms with van der Waals surface area (Å²) in [6.45, 7) is 4.84. The summed E-state index contributed by atoms with van der Waals surface area (Å²) in [5.74, 6) is 0.900. The van der Waals surface area contributed by atoms with E-state index in [4.69, 9.17) is 10.5 Å². The zero-order valence-corrected chi connectivity index (χ0v) is 10.0. The first-order valence-corrected chi connectivity index (χ1v) is 5.45. The predicted octanol–water partition coefficient (Wildman–Crippen LogP) is 2.34. The smallest absolute Gasteiger partial charge is 0.144 e. The monoisotopic (exact) mass is 218 g/mol. The molecule has 2 aromatic rings. The van der Waals surface area contributed by atoms with Gasteiger partial charge in [0.1, 0.15) is 5.75 Å². The van der Waals surface area contributed by atoms with Crippen LogP contribution in [0, 0.1) is 0 Å². The van der Waals surface area contributed by atoms with Crippen molar-refractivity contribution in [3.63, 3.8) is 0 Å². The molecule has 1 aromatic carbocycles. The van der Waals surface area contributed by atoms with Crippen molar-refractivity contribution < 1.29 is 4.74 Å². The van der Waals surface area contributed by atoms with E-state index in [0.717, 1.165) is 16.7 Å². The third-order valence-electron chi connectivity index (χ3n) is 3.05. The minimum Gasteiger partial charge on any atom is -0.495 e. The molecule has 0 aliphatic carbocycles. The Balaban J connectivity index is 2.71. The molecule has 16 heavy (non-hydrogen) atoms. The molecule has 0 unspecified atom stereocenters. The third-order valence-corrected chi connectivity index (χ3v) is 3.05. The van der Waals surface area contributed by atoms with Crippen molar-refractivity contribution in [2.45, 2.75) is 19.4 Å². The summed E-state index contributed by atoms with van der Waals surface area (Å²) in [4.78, 5) is 0. The van der Waals surface area contributed by atoms with Gasteiger partial charge in [0.25, 0.3) is 0 Å². The number of ether oxygens (including phenoxy) is 1. The Labute approximate surface area is 95.8 Å². The van der Waals surface area contributed by atoms with E-state index in [2.05, 4.69) is 30.5 Å². The molecule has 2 rings (SSSR count). The zero-order chi connectivity index (χ0) is 11.8. The van der Waals surface area contributed by atoms with E-state index in [0.29, 0.717) is 6.54 Å². The molecule has 0 atom stereocenters. The fraction of sp³-hybridized carbons (Fsp3) is 0.385. The maximum atomic E-state index is 5.82. The number of para-hydroxylation sites is 1. The van der Waals surface area contributed by atoms with E-state index in [1.165, 1.54) is 0 Å². The van der Waals surface area contributed by atoms with Crippen molar-refractivity contribution in [2.24, 2.45) is 5.73 Å². The molecule has 0 aliphatic heterocycles. The van der Waals surface area contributed by atoms with Crippen LogP contribution in [0.4, 0.5) is 0 Å². The summed E-state index contributed by atoms with van der Waals surface area (Å²) in [6, 6.07) is 8.21. The fourth-order valence-corrected chi connectivity index (χ4v) is 1.91. The standard InChI is InChI=1S/C13H18N2O/c1-13(2,9-14)15-8-12(16-3)10-6-4-5-7-11(10)15/h4-8H,9,14H2,1-3H3. The Morgan fingerprint density at radius 1 is 1.31 bits per heavy atom. The lowest BCUT2D eigenvalue weighted by atomic mass is 10.1. The largest absolute Gasteiger partial charge is 0.495 e. The van der Waals surface area contributed by atoms with Crippen molar-refractivity contribution in [3.8, 4) is 5.75 Å².